The summed E-state index contributed by atoms with van der Waals surface area (Å²) in [6.45, 7) is 0. The minimum Gasteiger partial charge on any atom is -0.256 e. The van der Waals surface area contributed by atoms with E-state index >= 15 is 0 Å². The van der Waals surface area contributed by atoms with Gasteiger partial charge < -0.3 is 0 Å². The average Bonchev–Trinajstić information content (AvgIpc) is 3.32. The highest BCUT2D eigenvalue weighted by Gasteiger charge is 2.18. The first kappa shape index (κ1) is 34.0. The fourth-order valence-electron chi connectivity index (χ4n) is 8.96. The SMILES string of the molecule is c1ccc(-c2nc(-c3cc(-c4cc5ccccc5c5ccccc45)cc(-c4cc5ccccc5c5ccccc45)c3)nc(-c3ccc4cc5cccnc5cc4c3)n2)cc1. The first-order chi connectivity index (χ1) is 29.7. The Morgan fingerprint density at radius 3 is 1.38 bits per heavy atom. The Morgan fingerprint density at radius 2 is 0.750 bits per heavy atom. The van der Waals surface area contributed by atoms with Crippen LogP contribution in [0.25, 0.3) is 121 Å². The fourth-order valence-corrected chi connectivity index (χ4v) is 8.96. The number of hydrogen-bond donors (Lipinski definition) is 0. The van der Waals surface area contributed by atoms with E-state index in [1.54, 1.807) is 0 Å². The van der Waals surface area contributed by atoms with Gasteiger partial charge in [-0.2, -0.15) is 0 Å². The van der Waals surface area contributed by atoms with Crippen molar-refractivity contribution in [1.82, 2.24) is 19.9 Å². The third-order valence-electron chi connectivity index (χ3n) is 11.8. The molecule has 0 aliphatic rings. The maximum absolute atomic E-state index is 5.32. The fraction of sp³-hybridized carbons (Fsp3) is 0. The molecule has 2 aromatic heterocycles. The zero-order valence-corrected chi connectivity index (χ0v) is 32.4. The number of nitrogens with zero attached hydrogens (tertiary/aromatic N) is 4. The lowest BCUT2D eigenvalue weighted by Gasteiger charge is -2.16. The first-order valence-corrected chi connectivity index (χ1v) is 20.3. The van der Waals surface area contributed by atoms with Crippen LogP contribution >= 0.6 is 0 Å². The first-order valence-electron chi connectivity index (χ1n) is 20.3. The number of rotatable bonds is 5. The summed E-state index contributed by atoms with van der Waals surface area (Å²) in [5.74, 6) is 1.84. The smallest absolute Gasteiger partial charge is 0.164 e. The van der Waals surface area contributed by atoms with Crippen molar-refractivity contribution in [3.05, 3.63) is 206 Å². The summed E-state index contributed by atoms with van der Waals surface area (Å²) in [5, 5.41) is 13.0. The Kier molecular flexibility index (Phi) is 7.82. The van der Waals surface area contributed by atoms with Gasteiger partial charge in [0.05, 0.1) is 5.52 Å². The minimum absolute atomic E-state index is 0.609. The molecular weight excluding hydrogens is 729 g/mol. The van der Waals surface area contributed by atoms with Crippen LogP contribution in [0.3, 0.4) is 0 Å². The van der Waals surface area contributed by atoms with Crippen LogP contribution in [0.5, 0.6) is 0 Å². The second-order valence-corrected chi connectivity index (χ2v) is 15.5. The van der Waals surface area contributed by atoms with E-state index in [0.717, 1.165) is 60.6 Å². The predicted octanol–water partition coefficient (Wildman–Crippen LogP) is 14.5. The number of hydrogen-bond acceptors (Lipinski definition) is 4. The van der Waals surface area contributed by atoms with Gasteiger partial charge >= 0.3 is 0 Å². The van der Waals surface area contributed by atoms with Crippen molar-refractivity contribution in [1.29, 1.82) is 0 Å². The molecule has 0 aliphatic heterocycles. The molecule has 4 heteroatoms. The third kappa shape index (κ3) is 5.77. The molecule has 12 aromatic rings. The van der Waals surface area contributed by atoms with Crippen LogP contribution in [0, 0.1) is 0 Å². The second kappa shape index (κ2) is 13.8. The Bertz CT molecular complexity index is 3530. The van der Waals surface area contributed by atoms with Gasteiger partial charge in [0.1, 0.15) is 0 Å². The van der Waals surface area contributed by atoms with Gasteiger partial charge in [0.15, 0.2) is 17.5 Å². The Hall–Kier alpha value is -8.08. The molecule has 12 rings (SSSR count). The second-order valence-electron chi connectivity index (χ2n) is 15.5. The lowest BCUT2D eigenvalue weighted by Crippen LogP contribution is -2.01. The molecular formula is C56H34N4. The summed E-state index contributed by atoms with van der Waals surface area (Å²) in [7, 11) is 0. The number of pyridine rings is 1. The van der Waals surface area contributed by atoms with E-state index in [1.807, 2.05) is 30.5 Å². The zero-order valence-electron chi connectivity index (χ0n) is 32.4. The highest BCUT2D eigenvalue weighted by atomic mass is 15.0. The molecule has 0 amide bonds. The van der Waals surface area contributed by atoms with E-state index in [9.17, 15) is 0 Å². The van der Waals surface area contributed by atoms with Crippen molar-refractivity contribution in [2.45, 2.75) is 0 Å². The molecule has 0 saturated heterocycles. The van der Waals surface area contributed by atoms with Crippen molar-refractivity contribution in [3.63, 3.8) is 0 Å². The molecule has 0 N–H and O–H groups in total. The van der Waals surface area contributed by atoms with E-state index in [1.165, 1.54) is 43.1 Å². The highest BCUT2D eigenvalue weighted by molar-refractivity contribution is 6.16. The maximum Gasteiger partial charge on any atom is 0.164 e. The van der Waals surface area contributed by atoms with Crippen LogP contribution in [-0.4, -0.2) is 19.9 Å². The van der Waals surface area contributed by atoms with E-state index in [4.69, 9.17) is 15.0 Å². The molecule has 0 unspecified atom stereocenters. The van der Waals surface area contributed by atoms with Gasteiger partial charge in [0.2, 0.25) is 0 Å². The lowest BCUT2D eigenvalue weighted by atomic mass is 9.88. The summed E-state index contributed by atoms with van der Waals surface area (Å²) < 4.78 is 0. The lowest BCUT2D eigenvalue weighted by molar-refractivity contribution is 1.07. The van der Waals surface area contributed by atoms with E-state index in [0.29, 0.717) is 17.5 Å². The number of aromatic nitrogens is 4. The Morgan fingerprint density at radius 1 is 0.250 bits per heavy atom. The van der Waals surface area contributed by atoms with Crippen LogP contribution in [0.4, 0.5) is 0 Å². The minimum atomic E-state index is 0.609. The summed E-state index contributed by atoms with van der Waals surface area (Å²) in [6.07, 6.45) is 1.84. The summed E-state index contributed by atoms with van der Waals surface area (Å²) in [4.78, 5) is 20.4. The number of benzene rings is 10. The molecule has 0 aliphatic carbocycles. The quantitative estimate of drug-likeness (QED) is 0.129. The van der Waals surface area contributed by atoms with E-state index < -0.39 is 0 Å². The predicted molar refractivity (Wildman–Crippen MR) is 250 cm³/mol. The van der Waals surface area contributed by atoms with Gasteiger partial charge in [0.25, 0.3) is 0 Å². The molecule has 60 heavy (non-hydrogen) atoms. The standard InChI is InChI=1S/C56H34N4/c1-2-13-35(14-3-1)54-58-55(40-25-24-36-27-39-17-12-26-57-53(39)34-41(36)28-40)60-56(59-54)44-30-42(51-32-37-15-4-6-18-45(37)47-20-8-10-22-49(47)51)29-43(31-44)52-33-38-16-5-7-19-46(38)48-21-9-11-23-50(48)52/h1-34H. The van der Waals surface area contributed by atoms with E-state index in [2.05, 4.69) is 181 Å². The molecule has 10 aromatic carbocycles. The summed E-state index contributed by atoms with van der Waals surface area (Å²) in [5.41, 5.74) is 8.21. The van der Waals surface area contributed by atoms with Crippen molar-refractivity contribution in [2.75, 3.05) is 0 Å². The molecule has 2 heterocycles. The van der Waals surface area contributed by atoms with Crippen molar-refractivity contribution in [2.24, 2.45) is 0 Å². The van der Waals surface area contributed by atoms with Gasteiger partial charge in [-0.25, -0.2) is 15.0 Å². The largest absolute Gasteiger partial charge is 0.256 e. The molecule has 0 atom stereocenters. The highest BCUT2D eigenvalue weighted by Crippen LogP contribution is 2.42. The zero-order chi connectivity index (χ0) is 39.6. The van der Waals surface area contributed by atoms with Gasteiger partial charge in [-0.05, 0) is 131 Å². The van der Waals surface area contributed by atoms with Crippen LogP contribution in [-0.2, 0) is 0 Å². The average molecular weight is 763 g/mol. The third-order valence-corrected chi connectivity index (χ3v) is 11.8. The van der Waals surface area contributed by atoms with Crippen LogP contribution in [0.2, 0.25) is 0 Å². The van der Waals surface area contributed by atoms with E-state index in [-0.39, 0.29) is 0 Å². The van der Waals surface area contributed by atoms with Gasteiger partial charge in [-0.3, -0.25) is 4.98 Å². The maximum atomic E-state index is 5.32. The van der Waals surface area contributed by atoms with Crippen LogP contribution in [0.15, 0.2) is 206 Å². The van der Waals surface area contributed by atoms with Crippen molar-refractivity contribution in [3.8, 4) is 56.4 Å². The Labute approximate surface area is 346 Å². The van der Waals surface area contributed by atoms with Gasteiger partial charge in [-0.1, -0.05) is 146 Å². The monoisotopic (exact) mass is 762 g/mol. The Balaban J connectivity index is 1.14. The molecule has 0 bridgehead atoms. The van der Waals surface area contributed by atoms with Gasteiger partial charge in [0, 0.05) is 28.3 Å². The molecule has 278 valence electrons. The topological polar surface area (TPSA) is 51.6 Å². The molecule has 4 nitrogen and oxygen atoms in total. The van der Waals surface area contributed by atoms with Crippen molar-refractivity contribution >= 4 is 64.8 Å². The normalized spacial score (nSPS) is 11.7. The summed E-state index contributed by atoms with van der Waals surface area (Å²) in [6, 6.07) is 71.4. The van der Waals surface area contributed by atoms with Crippen LogP contribution < -0.4 is 0 Å². The van der Waals surface area contributed by atoms with Crippen LogP contribution in [0.1, 0.15) is 0 Å². The molecule has 0 saturated carbocycles. The molecule has 0 spiro atoms. The van der Waals surface area contributed by atoms with Gasteiger partial charge in [-0.15, -0.1) is 0 Å². The molecule has 0 fully saturated rings. The number of fused-ring (bicyclic) bond motifs is 8. The molecule has 0 radical (unpaired) electrons. The van der Waals surface area contributed by atoms with Crippen molar-refractivity contribution < 1.29 is 0 Å². The summed E-state index contributed by atoms with van der Waals surface area (Å²) >= 11 is 0.